The van der Waals surface area contributed by atoms with Crippen LogP contribution in [0.2, 0.25) is 0 Å². The second-order valence-electron chi connectivity index (χ2n) is 6.79. The summed E-state index contributed by atoms with van der Waals surface area (Å²) in [4.78, 5) is 21.2. The number of para-hydroxylation sites is 1. The molecule has 0 aliphatic carbocycles. The van der Waals surface area contributed by atoms with Gasteiger partial charge >= 0.3 is 5.63 Å². The van der Waals surface area contributed by atoms with Gasteiger partial charge in [-0.2, -0.15) is 0 Å². The highest BCUT2D eigenvalue weighted by Gasteiger charge is 2.13. The number of benzene rings is 2. The maximum absolute atomic E-state index is 12.2. The third-order valence-corrected chi connectivity index (χ3v) is 4.79. The number of hydrogen-bond acceptors (Lipinski definition) is 7. The van der Waals surface area contributed by atoms with Crippen molar-refractivity contribution in [2.45, 2.75) is 19.4 Å². The van der Waals surface area contributed by atoms with Gasteiger partial charge in [0.25, 0.3) is 0 Å². The van der Waals surface area contributed by atoms with Crippen molar-refractivity contribution < 1.29 is 18.6 Å². The molecule has 4 aromatic rings. The molecule has 0 radical (unpaired) electrons. The molecule has 0 saturated carbocycles. The Morgan fingerprint density at radius 1 is 1.03 bits per heavy atom. The van der Waals surface area contributed by atoms with Crippen LogP contribution in [0.25, 0.3) is 22.0 Å². The lowest BCUT2D eigenvalue weighted by molar-refractivity contribution is 0.118. The second kappa shape index (κ2) is 7.52. The Bertz CT molecular complexity index is 1250. The molecule has 0 N–H and O–H groups in total. The number of hydrogen-bond donors (Lipinski definition) is 0. The van der Waals surface area contributed by atoms with E-state index < -0.39 is 5.63 Å². The van der Waals surface area contributed by atoms with Gasteiger partial charge in [0.05, 0.1) is 12.3 Å². The third-order valence-electron chi connectivity index (χ3n) is 4.79. The third kappa shape index (κ3) is 3.52. The Kier molecular flexibility index (Phi) is 4.57. The molecule has 3 heterocycles. The minimum atomic E-state index is -0.466. The van der Waals surface area contributed by atoms with Gasteiger partial charge in [0.15, 0.2) is 17.0 Å². The Hall–Kier alpha value is -3.45. The molecule has 0 fully saturated rings. The summed E-state index contributed by atoms with van der Waals surface area (Å²) in [6.45, 7) is 1.33. The Morgan fingerprint density at radius 2 is 1.93 bits per heavy atom. The largest absolute Gasteiger partial charge is 0.454 e. The fourth-order valence-corrected chi connectivity index (χ4v) is 3.36. The standard InChI is InChI=1S/C22H18N2O5/c25-22-21-20(16-5-1-2-6-17(16)29-22)23-11-15(24-21)4-3-9-26-12-14-7-8-18-19(10-14)28-13-27-18/h1-2,5-8,10-11H,3-4,9,12-13H2. The predicted octanol–water partition coefficient (Wildman–Crippen LogP) is 3.61. The lowest BCUT2D eigenvalue weighted by Gasteiger charge is -2.06. The predicted molar refractivity (Wildman–Crippen MR) is 106 cm³/mol. The van der Waals surface area contributed by atoms with E-state index in [1.165, 1.54) is 0 Å². The Morgan fingerprint density at radius 3 is 2.90 bits per heavy atom. The fourth-order valence-electron chi connectivity index (χ4n) is 3.36. The van der Waals surface area contributed by atoms with Crippen LogP contribution in [0.15, 0.2) is 57.9 Å². The van der Waals surface area contributed by atoms with E-state index in [2.05, 4.69) is 9.97 Å². The van der Waals surface area contributed by atoms with Crippen LogP contribution in [0.4, 0.5) is 0 Å². The molecule has 0 spiro atoms. The van der Waals surface area contributed by atoms with E-state index in [9.17, 15) is 4.79 Å². The highest BCUT2D eigenvalue weighted by Crippen LogP contribution is 2.32. The molecule has 2 aromatic carbocycles. The van der Waals surface area contributed by atoms with Gasteiger partial charge in [-0.05, 0) is 42.7 Å². The van der Waals surface area contributed by atoms with E-state index in [0.29, 0.717) is 30.7 Å². The van der Waals surface area contributed by atoms with Gasteiger partial charge in [0.1, 0.15) is 11.1 Å². The molecule has 0 bridgehead atoms. The second-order valence-corrected chi connectivity index (χ2v) is 6.79. The molecule has 29 heavy (non-hydrogen) atoms. The first-order valence-electron chi connectivity index (χ1n) is 9.42. The van der Waals surface area contributed by atoms with Gasteiger partial charge in [-0.15, -0.1) is 0 Å². The van der Waals surface area contributed by atoms with Crippen LogP contribution < -0.4 is 15.1 Å². The topological polar surface area (TPSA) is 83.7 Å². The Labute approximate surface area is 165 Å². The van der Waals surface area contributed by atoms with E-state index in [1.54, 1.807) is 12.3 Å². The van der Waals surface area contributed by atoms with Gasteiger partial charge in [-0.25, -0.2) is 9.78 Å². The number of aromatic nitrogens is 2. The van der Waals surface area contributed by atoms with Crippen LogP contribution in [0.3, 0.4) is 0 Å². The highest BCUT2D eigenvalue weighted by atomic mass is 16.7. The molecule has 0 amide bonds. The molecule has 7 nitrogen and oxygen atoms in total. The monoisotopic (exact) mass is 390 g/mol. The smallest absolute Gasteiger partial charge is 0.364 e. The van der Waals surface area contributed by atoms with E-state index >= 15 is 0 Å². The fraction of sp³-hybridized carbons (Fsp3) is 0.227. The normalized spacial score (nSPS) is 12.7. The zero-order valence-electron chi connectivity index (χ0n) is 15.6. The first kappa shape index (κ1) is 17.6. The lowest BCUT2D eigenvalue weighted by Crippen LogP contribution is -2.06. The average Bonchev–Trinajstić information content (AvgIpc) is 3.22. The molecule has 1 aliphatic rings. The minimum absolute atomic E-state index is 0.264. The van der Waals surface area contributed by atoms with Gasteiger partial charge in [0, 0.05) is 18.2 Å². The van der Waals surface area contributed by atoms with Crippen LogP contribution in [0.1, 0.15) is 17.7 Å². The summed E-state index contributed by atoms with van der Waals surface area (Å²) >= 11 is 0. The molecule has 0 atom stereocenters. The number of nitrogens with zero attached hydrogens (tertiary/aromatic N) is 2. The summed E-state index contributed by atoms with van der Waals surface area (Å²) < 4.78 is 21.8. The summed E-state index contributed by atoms with van der Waals surface area (Å²) in [7, 11) is 0. The number of rotatable bonds is 6. The van der Waals surface area contributed by atoms with Gasteiger partial charge in [-0.3, -0.25) is 4.98 Å². The maximum atomic E-state index is 12.2. The summed E-state index contributed by atoms with van der Waals surface area (Å²) in [6, 6.07) is 13.1. The zero-order valence-corrected chi connectivity index (χ0v) is 15.6. The van der Waals surface area contributed by atoms with Crippen LogP contribution in [0, 0.1) is 0 Å². The first-order valence-corrected chi connectivity index (χ1v) is 9.42. The van der Waals surface area contributed by atoms with Crippen molar-refractivity contribution in [1.82, 2.24) is 9.97 Å². The van der Waals surface area contributed by atoms with Crippen LogP contribution in [0.5, 0.6) is 11.5 Å². The summed E-state index contributed by atoms with van der Waals surface area (Å²) in [5, 5.41) is 0.785. The SMILES string of the molecule is O=c1oc2ccccc2c2ncc(CCCOCc3ccc4c(c3)OCO4)nc12. The number of aryl methyl sites for hydroxylation is 1. The van der Waals surface area contributed by atoms with Crippen molar-refractivity contribution in [2.75, 3.05) is 13.4 Å². The van der Waals surface area contributed by atoms with E-state index in [0.717, 1.165) is 34.6 Å². The van der Waals surface area contributed by atoms with Crippen molar-refractivity contribution in [3.63, 3.8) is 0 Å². The van der Waals surface area contributed by atoms with Crippen molar-refractivity contribution in [2.24, 2.45) is 0 Å². The van der Waals surface area contributed by atoms with Crippen LogP contribution in [-0.4, -0.2) is 23.4 Å². The van der Waals surface area contributed by atoms with E-state index in [4.69, 9.17) is 18.6 Å². The molecular weight excluding hydrogens is 372 g/mol. The summed E-state index contributed by atoms with van der Waals surface area (Å²) in [6.07, 6.45) is 3.14. The lowest BCUT2D eigenvalue weighted by atomic mass is 10.2. The van der Waals surface area contributed by atoms with Gasteiger partial charge < -0.3 is 18.6 Å². The van der Waals surface area contributed by atoms with Crippen LogP contribution in [-0.2, 0) is 17.8 Å². The molecule has 0 unspecified atom stereocenters. The van der Waals surface area contributed by atoms with Gasteiger partial charge in [-0.1, -0.05) is 18.2 Å². The molecule has 7 heteroatoms. The van der Waals surface area contributed by atoms with Crippen molar-refractivity contribution in [3.8, 4) is 11.5 Å². The molecular formula is C22H18N2O5. The first-order chi connectivity index (χ1) is 14.3. The van der Waals surface area contributed by atoms with E-state index in [1.807, 2.05) is 36.4 Å². The molecule has 146 valence electrons. The summed E-state index contributed by atoms with van der Waals surface area (Å²) in [5.74, 6) is 1.52. The van der Waals surface area contributed by atoms with Crippen molar-refractivity contribution in [3.05, 3.63) is 70.3 Å². The quantitative estimate of drug-likeness (QED) is 0.282. The Balaban J connectivity index is 1.21. The zero-order chi connectivity index (χ0) is 19.6. The summed E-state index contributed by atoms with van der Waals surface area (Å²) in [5.41, 5.74) is 2.66. The van der Waals surface area contributed by atoms with E-state index in [-0.39, 0.29) is 12.3 Å². The van der Waals surface area contributed by atoms with Gasteiger partial charge in [0.2, 0.25) is 6.79 Å². The molecule has 1 aliphatic heterocycles. The minimum Gasteiger partial charge on any atom is -0.454 e. The number of ether oxygens (including phenoxy) is 3. The molecule has 0 saturated heterocycles. The van der Waals surface area contributed by atoms with Crippen molar-refractivity contribution in [1.29, 1.82) is 0 Å². The van der Waals surface area contributed by atoms with Crippen LogP contribution >= 0.6 is 0 Å². The number of fused-ring (bicyclic) bond motifs is 4. The highest BCUT2D eigenvalue weighted by molar-refractivity contribution is 5.99. The van der Waals surface area contributed by atoms with Crippen molar-refractivity contribution >= 4 is 22.0 Å². The maximum Gasteiger partial charge on any atom is 0.364 e. The molecule has 2 aromatic heterocycles. The average molecular weight is 390 g/mol. The molecule has 5 rings (SSSR count).